The highest BCUT2D eigenvalue weighted by Gasteiger charge is 2.22. The quantitative estimate of drug-likeness (QED) is 0.506. The van der Waals surface area contributed by atoms with Crippen LogP contribution in [-0.4, -0.2) is 36.3 Å². The molecule has 1 amide bonds. The second kappa shape index (κ2) is 9.13. The first kappa shape index (κ1) is 22.9. The topological polar surface area (TPSA) is 71.7 Å². The molecule has 3 aromatic rings. The van der Waals surface area contributed by atoms with Crippen molar-refractivity contribution < 1.29 is 13.2 Å². The first-order valence-electron chi connectivity index (χ1n) is 9.67. The van der Waals surface area contributed by atoms with E-state index in [0.717, 1.165) is 21.3 Å². The zero-order valence-electron chi connectivity index (χ0n) is 17.8. The van der Waals surface area contributed by atoms with Crippen molar-refractivity contribution in [2.75, 3.05) is 13.1 Å². The van der Waals surface area contributed by atoms with Gasteiger partial charge in [0, 0.05) is 25.7 Å². The van der Waals surface area contributed by atoms with Gasteiger partial charge in [-0.15, -0.1) is 13.2 Å². The van der Waals surface area contributed by atoms with Gasteiger partial charge in [-0.1, -0.05) is 29.6 Å². The number of sulfonamides is 1. The van der Waals surface area contributed by atoms with Gasteiger partial charge in [-0.25, -0.2) is 8.42 Å². The molecule has 0 atom stereocenters. The molecular formula is C23H25N3O3S2. The standard InChI is InChI=1S/C23H25N3O3S2/c1-6-12-26(13-7-2)31(28,29)19-10-8-18(9-11-19)22(27)24-23-25(5)20-15-16(3)14-17(4)21(20)30-23/h6-11,14-15H,1-2,12-13H2,3-5H3. The van der Waals surface area contributed by atoms with Crippen LogP contribution in [0.4, 0.5) is 0 Å². The van der Waals surface area contributed by atoms with E-state index in [1.165, 1.54) is 52.1 Å². The zero-order valence-corrected chi connectivity index (χ0v) is 19.5. The molecule has 0 radical (unpaired) electrons. The molecule has 1 heterocycles. The maximum absolute atomic E-state index is 12.8. The molecule has 0 aliphatic rings. The normalized spacial score (nSPS) is 12.5. The summed E-state index contributed by atoms with van der Waals surface area (Å²) in [5, 5.41) is 0. The van der Waals surface area contributed by atoms with Gasteiger partial charge < -0.3 is 4.57 Å². The summed E-state index contributed by atoms with van der Waals surface area (Å²) in [5.74, 6) is -0.422. The molecule has 0 bridgehead atoms. The van der Waals surface area contributed by atoms with E-state index in [1.54, 1.807) is 0 Å². The minimum Gasteiger partial charge on any atom is -0.319 e. The third kappa shape index (κ3) is 4.61. The number of thiazole rings is 1. The molecule has 3 rings (SSSR count). The minimum absolute atomic E-state index is 0.103. The number of hydrogen-bond acceptors (Lipinski definition) is 4. The Bertz CT molecular complexity index is 1320. The second-order valence-corrected chi connectivity index (χ2v) is 10.1. The molecule has 6 nitrogen and oxygen atoms in total. The number of aromatic nitrogens is 1. The van der Waals surface area contributed by atoms with Crippen LogP contribution in [0.3, 0.4) is 0 Å². The van der Waals surface area contributed by atoms with Crippen LogP contribution in [0.2, 0.25) is 0 Å². The summed E-state index contributed by atoms with van der Waals surface area (Å²) in [5.41, 5.74) is 3.64. The Morgan fingerprint density at radius 2 is 1.74 bits per heavy atom. The van der Waals surface area contributed by atoms with E-state index in [-0.39, 0.29) is 18.0 Å². The molecule has 0 fully saturated rings. The third-order valence-electron chi connectivity index (χ3n) is 4.84. The Balaban J connectivity index is 1.95. The van der Waals surface area contributed by atoms with E-state index < -0.39 is 15.9 Å². The summed E-state index contributed by atoms with van der Waals surface area (Å²) in [6.45, 7) is 11.6. The molecule has 0 spiro atoms. The van der Waals surface area contributed by atoms with E-state index in [4.69, 9.17) is 0 Å². The number of rotatable bonds is 7. The Morgan fingerprint density at radius 1 is 1.13 bits per heavy atom. The van der Waals surface area contributed by atoms with Crippen molar-refractivity contribution >= 4 is 37.5 Å². The monoisotopic (exact) mass is 455 g/mol. The van der Waals surface area contributed by atoms with Gasteiger partial charge in [-0.2, -0.15) is 9.30 Å². The second-order valence-electron chi connectivity index (χ2n) is 7.21. The number of carbonyl (C=O) groups is 1. The molecule has 0 aliphatic carbocycles. The number of nitrogens with zero attached hydrogens (tertiary/aromatic N) is 3. The van der Waals surface area contributed by atoms with E-state index in [1.807, 2.05) is 25.5 Å². The average molecular weight is 456 g/mol. The number of carbonyl (C=O) groups excluding carboxylic acids is 1. The molecule has 8 heteroatoms. The van der Waals surface area contributed by atoms with Crippen LogP contribution in [-0.2, 0) is 17.1 Å². The molecule has 0 saturated heterocycles. The minimum atomic E-state index is -3.71. The van der Waals surface area contributed by atoms with Gasteiger partial charge in [0.1, 0.15) is 0 Å². The lowest BCUT2D eigenvalue weighted by Crippen LogP contribution is -2.31. The molecule has 31 heavy (non-hydrogen) atoms. The Hall–Kier alpha value is -2.81. The smallest absolute Gasteiger partial charge is 0.279 e. The maximum Gasteiger partial charge on any atom is 0.279 e. The highest BCUT2D eigenvalue weighted by atomic mass is 32.2. The number of aryl methyl sites for hydroxylation is 3. The van der Waals surface area contributed by atoms with Crippen molar-refractivity contribution in [1.82, 2.24) is 8.87 Å². The lowest BCUT2D eigenvalue weighted by Gasteiger charge is -2.19. The largest absolute Gasteiger partial charge is 0.319 e. The van der Waals surface area contributed by atoms with Crippen LogP contribution >= 0.6 is 11.3 Å². The third-order valence-corrected chi connectivity index (χ3v) is 7.97. The summed E-state index contributed by atoms with van der Waals surface area (Å²) in [6.07, 6.45) is 3.04. The van der Waals surface area contributed by atoms with Crippen LogP contribution in [0.15, 0.2) is 71.6 Å². The summed E-state index contributed by atoms with van der Waals surface area (Å²) in [7, 11) is -1.83. The van der Waals surface area contributed by atoms with E-state index in [2.05, 4.69) is 30.3 Å². The van der Waals surface area contributed by atoms with Crippen molar-refractivity contribution in [1.29, 1.82) is 0 Å². The van der Waals surface area contributed by atoms with Crippen LogP contribution in [0.1, 0.15) is 21.5 Å². The van der Waals surface area contributed by atoms with Crippen molar-refractivity contribution in [3.8, 4) is 0 Å². The van der Waals surface area contributed by atoms with Gasteiger partial charge in [-0.05, 0) is 55.3 Å². The van der Waals surface area contributed by atoms with E-state index in [0.29, 0.717) is 10.4 Å². The van der Waals surface area contributed by atoms with Gasteiger partial charge in [0.25, 0.3) is 5.91 Å². The Morgan fingerprint density at radius 3 is 2.32 bits per heavy atom. The van der Waals surface area contributed by atoms with Crippen LogP contribution in [0.5, 0.6) is 0 Å². The van der Waals surface area contributed by atoms with Crippen LogP contribution in [0, 0.1) is 13.8 Å². The molecular weight excluding hydrogens is 430 g/mol. The van der Waals surface area contributed by atoms with Gasteiger partial charge >= 0.3 is 0 Å². The Kier molecular flexibility index (Phi) is 6.74. The number of fused-ring (bicyclic) bond motifs is 1. The summed E-state index contributed by atoms with van der Waals surface area (Å²) < 4.78 is 29.9. The summed E-state index contributed by atoms with van der Waals surface area (Å²) in [6, 6.07) is 10.0. The fourth-order valence-electron chi connectivity index (χ4n) is 3.30. The predicted octanol–water partition coefficient (Wildman–Crippen LogP) is 3.96. The Labute approximate surface area is 186 Å². The number of benzene rings is 2. The van der Waals surface area contributed by atoms with E-state index in [9.17, 15) is 13.2 Å². The first-order valence-corrected chi connectivity index (χ1v) is 11.9. The first-order chi connectivity index (χ1) is 14.7. The molecule has 0 aliphatic heterocycles. The van der Waals surface area contributed by atoms with Gasteiger partial charge in [0.05, 0.1) is 15.1 Å². The SMILES string of the molecule is C=CCN(CC=C)S(=O)(=O)c1ccc(C(=O)N=c2sc3c(C)cc(C)cc3n2C)cc1. The van der Waals surface area contributed by atoms with Gasteiger partial charge in [0.15, 0.2) is 4.80 Å². The fraction of sp³-hybridized carbons (Fsp3) is 0.217. The lowest BCUT2D eigenvalue weighted by molar-refractivity contribution is 0.0998. The molecule has 0 N–H and O–H groups in total. The molecule has 1 aromatic heterocycles. The molecule has 162 valence electrons. The molecule has 0 saturated carbocycles. The van der Waals surface area contributed by atoms with Crippen molar-refractivity contribution in [3.05, 3.63) is 83.2 Å². The predicted molar refractivity (Wildman–Crippen MR) is 126 cm³/mol. The van der Waals surface area contributed by atoms with Gasteiger partial charge in [0.2, 0.25) is 10.0 Å². The highest BCUT2D eigenvalue weighted by Crippen LogP contribution is 2.23. The van der Waals surface area contributed by atoms with Crippen molar-refractivity contribution in [2.45, 2.75) is 18.7 Å². The van der Waals surface area contributed by atoms with Crippen LogP contribution in [0.25, 0.3) is 10.2 Å². The van der Waals surface area contributed by atoms with Crippen molar-refractivity contribution in [2.24, 2.45) is 12.0 Å². The van der Waals surface area contributed by atoms with Gasteiger partial charge in [-0.3, -0.25) is 4.79 Å². The zero-order chi connectivity index (χ0) is 22.8. The average Bonchev–Trinajstić information content (AvgIpc) is 3.04. The lowest BCUT2D eigenvalue weighted by atomic mass is 10.1. The highest BCUT2D eigenvalue weighted by molar-refractivity contribution is 7.89. The number of hydrogen-bond donors (Lipinski definition) is 0. The molecule has 0 unspecified atom stereocenters. The summed E-state index contributed by atoms with van der Waals surface area (Å²) in [4.78, 5) is 17.7. The fourth-order valence-corrected chi connectivity index (χ4v) is 5.75. The van der Waals surface area contributed by atoms with Crippen molar-refractivity contribution in [3.63, 3.8) is 0 Å². The summed E-state index contributed by atoms with van der Waals surface area (Å²) >= 11 is 1.46. The van der Waals surface area contributed by atoms with Crippen LogP contribution < -0.4 is 4.80 Å². The number of amides is 1. The van der Waals surface area contributed by atoms with E-state index >= 15 is 0 Å². The maximum atomic E-state index is 12.8. The molecule has 2 aromatic carbocycles.